The number of fused-ring (bicyclic) bond motifs is 1. The second-order valence-electron chi connectivity index (χ2n) is 3.85. The lowest BCUT2D eigenvalue weighted by Crippen LogP contribution is -1.83. The van der Waals surface area contributed by atoms with Crippen LogP contribution in [0.25, 0.3) is 5.78 Å². The molecule has 18 heavy (non-hydrogen) atoms. The number of aromatic nitrogens is 3. The van der Waals surface area contributed by atoms with E-state index in [0.717, 1.165) is 16.3 Å². The molecule has 0 bridgehead atoms. The van der Waals surface area contributed by atoms with Crippen LogP contribution < -0.4 is 0 Å². The highest BCUT2D eigenvalue weighted by Gasteiger charge is 2.03. The van der Waals surface area contributed by atoms with Gasteiger partial charge >= 0.3 is 0 Å². The van der Waals surface area contributed by atoms with Crippen molar-refractivity contribution >= 4 is 17.5 Å². The maximum absolute atomic E-state index is 9.38. The van der Waals surface area contributed by atoms with Gasteiger partial charge in [-0.3, -0.25) is 4.40 Å². The van der Waals surface area contributed by atoms with E-state index in [1.807, 2.05) is 35.0 Å². The topological polar surface area (TPSA) is 50.4 Å². The molecule has 0 saturated carbocycles. The van der Waals surface area contributed by atoms with Crippen molar-refractivity contribution in [1.82, 2.24) is 14.4 Å². The lowest BCUT2D eigenvalue weighted by Gasteiger charge is -1.99. The molecule has 0 radical (unpaired) electrons. The Bertz CT molecular complexity index is 648. The molecule has 3 aromatic rings. The van der Waals surface area contributed by atoms with Gasteiger partial charge in [0.25, 0.3) is 0 Å². The monoisotopic (exact) mass is 257 g/mol. The first-order valence-corrected chi connectivity index (χ1v) is 6.50. The number of phenols is 1. The number of benzene rings is 1. The highest BCUT2D eigenvalue weighted by atomic mass is 32.2. The largest absolute Gasteiger partial charge is 0.508 e. The van der Waals surface area contributed by atoms with E-state index in [1.54, 1.807) is 30.1 Å². The summed E-state index contributed by atoms with van der Waals surface area (Å²) in [4.78, 5) is 9.62. The van der Waals surface area contributed by atoms with Crippen molar-refractivity contribution < 1.29 is 5.11 Å². The molecule has 1 N–H and O–H groups in total. The molecule has 0 spiro atoms. The minimum Gasteiger partial charge on any atom is -0.508 e. The van der Waals surface area contributed by atoms with E-state index in [-0.39, 0.29) is 5.75 Å². The maximum atomic E-state index is 9.38. The molecule has 0 atom stereocenters. The Morgan fingerprint density at radius 3 is 3.06 bits per heavy atom. The van der Waals surface area contributed by atoms with Crippen LogP contribution in [0.4, 0.5) is 0 Å². The van der Waals surface area contributed by atoms with Gasteiger partial charge in [-0.05, 0) is 24.3 Å². The van der Waals surface area contributed by atoms with Crippen molar-refractivity contribution in [3.63, 3.8) is 0 Å². The molecule has 4 nitrogen and oxygen atoms in total. The summed E-state index contributed by atoms with van der Waals surface area (Å²) >= 11 is 1.64. The Balaban J connectivity index is 1.76. The summed E-state index contributed by atoms with van der Waals surface area (Å²) in [5.74, 6) is 1.76. The third-order valence-electron chi connectivity index (χ3n) is 2.49. The van der Waals surface area contributed by atoms with Crippen LogP contribution in [0.1, 0.15) is 5.69 Å². The second-order valence-corrected chi connectivity index (χ2v) is 4.89. The molecule has 0 unspecified atom stereocenters. The predicted molar refractivity (Wildman–Crippen MR) is 70.7 cm³/mol. The zero-order valence-electron chi connectivity index (χ0n) is 9.52. The Kier molecular flexibility index (Phi) is 2.90. The Hall–Kier alpha value is -2.01. The molecular weight excluding hydrogens is 246 g/mol. The minimum atomic E-state index is 0.289. The summed E-state index contributed by atoms with van der Waals surface area (Å²) in [6, 6.07) is 9.10. The van der Waals surface area contributed by atoms with E-state index in [4.69, 9.17) is 0 Å². The molecule has 90 valence electrons. The van der Waals surface area contributed by atoms with Gasteiger partial charge in [-0.25, -0.2) is 9.97 Å². The van der Waals surface area contributed by atoms with Gasteiger partial charge in [0, 0.05) is 29.2 Å². The molecule has 0 fully saturated rings. The number of imidazole rings is 1. The third-order valence-corrected chi connectivity index (χ3v) is 3.52. The van der Waals surface area contributed by atoms with Gasteiger partial charge in [-0.2, -0.15) is 0 Å². The van der Waals surface area contributed by atoms with Crippen LogP contribution in [0.5, 0.6) is 5.75 Å². The quantitative estimate of drug-likeness (QED) is 0.733. The molecular formula is C13H11N3OS. The fourth-order valence-electron chi connectivity index (χ4n) is 1.68. The average molecular weight is 257 g/mol. The predicted octanol–water partition coefficient (Wildman–Crippen LogP) is 2.73. The Morgan fingerprint density at radius 1 is 1.28 bits per heavy atom. The number of hydrogen-bond acceptors (Lipinski definition) is 4. The van der Waals surface area contributed by atoms with Crippen molar-refractivity contribution in [2.75, 3.05) is 0 Å². The average Bonchev–Trinajstić information content (AvgIpc) is 2.79. The zero-order valence-corrected chi connectivity index (χ0v) is 10.3. The van der Waals surface area contributed by atoms with Gasteiger partial charge in [0.15, 0.2) is 0 Å². The lowest BCUT2D eigenvalue weighted by molar-refractivity contribution is 0.474. The van der Waals surface area contributed by atoms with Gasteiger partial charge in [0.1, 0.15) is 5.75 Å². The number of hydrogen-bond donors (Lipinski definition) is 1. The van der Waals surface area contributed by atoms with Crippen LogP contribution in [-0.4, -0.2) is 19.5 Å². The Morgan fingerprint density at radius 2 is 2.22 bits per heavy atom. The summed E-state index contributed by atoms with van der Waals surface area (Å²) < 4.78 is 1.90. The summed E-state index contributed by atoms with van der Waals surface area (Å²) in [5, 5.41) is 9.38. The standard InChI is InChI=1S/C13H11N3OS/c17-11-3-1-4-12(7-11)18-9-10-8-16-6-2-5-14-13(16)15-10/h1-8,17H,9H2. The van der Waals surface area contributed by atoms with Crippen LogP contribution in [0.3, 0.4) is 0 Å². The van der Waals surface area contributed by atoms with E-state index in [1.165, 1.54) is 0 Å². The number of phenolic OH excluding ortho intramolecular Hbond substituents is 1. The summed E-state index contributed by atoms with van der Waals surface area (Å²) in [7, 11) is 0. The summed E-state index contributed by atoms with van der Waals surface area (Å²) in [6.45, 7) is 0. The van der Waals surface area contributed by atoms with Gasteiger partial charge in [-0.15, -0.1) is 11.8 Å². The highest BCUT2D eigenvalue weighted by Crippen LogP contribution is 2.25. The molecule has 3 rings (SSSR count). The third kappa shape index (κ3) is 2.31. The van der Waals surface area contributed by atoms with Crippen molar-refractivity contribution in [1.29, 1.82) is 0 Å². The fourth-order valence-corrected chi connectivity index (χ4v) is 2.51. The number of nitrogens with zero attached hydrogens (tertiary/aromatic N) is 3. The molecule has 2 heterocycles. The normalized spacial score (nSPS) is 10.9. The zero-order chi connectivity index (χ0) is 12.4. The molecule has 0 aliphatic rings. The van der Waals surface area contributed by atoms with Gasteiger partial charge < -0.3 is 5.11 Å². The second kappa shape index (κ2) is 4.70. The molecule has 1 aromatic carbocycles. The van der Waals surface area contributed by atoms with Crippen LogP contribution in [-0.2, 0) is 5.75 Å². The van der Waals surface area contributed by atoms with Crippen molar-refractivity contribution in [3.05, 3.63) is 54.6 Å². The van der Waals surface area contributed by atoms with E-state index in [9.17, 15) is 5.11 Å². The van der Waals surface area contributed by atoms with Crippen LogP contribution in [0.2, 0.25) is 0 Å². The van der Waals surface area contributed by atoms with E-state index >= 15 is 0 Å². The van der Waals surface area contributed by atoms with Crippen molar-refractivity contribution in [2.24, 2.45) is 0 Å². The van der Waals surface area contributed by atoms with Crippen LogP contribution >= 0.6 is 11.8 Å². The van der Waals surface area contributed by atoms with E-state index in [2.05, 4.69) is 9.97 Å². The fraction of sp³-hybridized carbons (Fsp3) is 0.0769. The SMILES string of the molecule is Oc1cccc(SCc2cn3cccnc3n2)c1. The molecule has 0 amide bonds. The first kappa shape index (κ1) is 11.1. The Labute approximate surface area is 108 Å². The first-order chi connectivity index (χ1) is 8.81. The molecule has 0 saturated heterocycles. The molecule has 0 aliphatic carbocycles. The highest BCUT2D eigenvalue weighted by molar-refractivity contribution is 7.98. The van der Waals surface area contributed by atoms with E-state index in [0.29, 0.717) is 5.78 Å². The molecule has 0 aliphatic heterocycles. The lowest BCUT2D eigenvalue weighted by atomic mass is 10.3. The smallest absolute Gasteiger partial charge is 0.233 e. The van der Waals surface area contributed by atoms with Gasteiger partial charge in [0.05, 0.1) is 5.69 Å². The number of aromatic hydroxyl groups is 1. The first-order valence-electron chi connectivity index (χ1n) is 5.52. The summed E-state index contributed by atoms with van der Waals surface area (Å²) in [5.41, 5.74) is 0.974. The molecule has 2 aromatic heterocycles. The summed E-state index contributed by atoms with van der Waals surface area (Å²) in [6.07, 6.45) is 5.63. The van der Waals surface area contributed by atoms with Gasteiger partial charge in [-0.1, -0.05) is 6.07 Å². The minimum absolute atomic E-state index is 0.289. The van der Waals surface area contributed by atoms with Gasteiger partial charge in [0.2, 0.25) is 5.78 Å². The number of rotatable bonds is 3. The van der Waals surface area contributed by atoms with E-state index < -0.39 is 0 Å². The van der Waals surface area contributed by atoms with Crippen molar-refractivity contribution in [2.45, 2.75) is 10.6 Å². The van der Waals surface area contributed by atoms with Crippen LogP contribution in [0, 0.1) is 0 Å². The van der Waals surface area contributed by atoms with Crippen molar-refractivity contribution in [3.8, 4) is 5.75 Å². The van der Waals surface area contributed by atoms with Crippen LogP contribution in [0.15, 0.2) is 53.8 Å². The number of thioether (sulfide) groups is 1. The molecule has 5 heteroatoms. The maximum Gasteiger partial charge on any atom is 0.233 e.